The first-order valence-corrected chi connectivity index (χ1v) is 8.89. The average Bonchev–Trinajstić information content (AvgIpc) is 3.26. The first kappa shape index (κ1) is 16.9. The molecule has 26 heavy (non-hydrogen) atoms. The third-order valence-electron chi connectivity index (χ3n) is 4.91. The van der Waals surface area contributed by atoms with Crippen LogP contribution in [0.25, 0.3) is 0 Å². The Balaban J connectivity index is 1.75. The van der Waals surface area contributed by atoms with Crippen molar-refractivity contribution in [2.45, 2.75) is 38.9 Å². The zero-order valence-electron chi connectivity index (χ0n) is 14.6. The van der Waals surface area contributed by atoms with Gasteiger partial charge in [-0.15, -0.1) is 0 Å². The number of hydrogen-bond donors (Lipinski definition) is 1. The molecule has 0 saturated carbocycles. The maximum Gasteiger partial charge on any atom is 0.131 e. The summed E-state index contributed by atoms with van der Waals surface area (Å²) in [6.45, 7) is 4.16. The molecule has 136 valence electrons. The number of H-pyrrole nitrogens is 1. The second kappa shape index (κ2) is 6.99. The van der Waals surface area contributed by atoms with Gasteiger partial charge in [-0.05, 0) is 18.6 Å². The molecule has 1 atom stereocenters. The standard InChI is InChI=1S/C19H21F2N5/c1-2-8-25-10-7-22-16(25)11-26-9-6-15-18(24-12-23-15)19(26)17-13(20)4-3-5-14(17)21/h3-5,7,10,12,19H,2,6,8-9,11H2,1H3,(H,23,24)/t19-/m0/s1. The molecule has 0 aliphatic carbocycles. The zero-order chi connectivity index (χ0) is 18.1. The largest absolute Gasteiger partial charge is 0.348 e. The summed E-state index contributed by atoms with van der Waals surface area (Å²) in [6, 6.07) is 3.42. The van der Waals surface area contributed by atoms with E-state index in [0.29, 0.717) is 18.8 Å². The molecule has 0 radical (unpaired) electrons. The van der Waals surface area contributed by atoms with Crippen molar-refractivity contribution in [2.75, 3.05) is 6.54 Å². The number of aromatic nitrogens is 4. The molecular weight excluding hydrogens is 336 g/mol. The highest BCUT2D eigenvalue weighted by molar-refractivity contribution is 5.34. The van der Waals surface area contributed by atoms with E-state index >= 15 is 0 Å². The van der Waals surface area contributed by atoms with Crippen LogP contribution in [-0.2, 0) is 19.5 Å². The number of benzene rings is 1. The number of nitrogens with zero attached hydrogens (tertiary/aromatic N) is 4. The van der Waals surface area contributed by atoms with E-state index in [1.54, 1.807) is 12.5 Å². The lowest BCUT2D eigenvalue weighted by molar-refractivity contribution is 0.185. The van der Waals surface area contributed by atoms with Gasteiger partial charge in [-0.3, -0.25) is 4.90 Å². The van der Waals surface area contributed by atoms with Crippen LogP contribution < -0.4 is 0 Å². The fraction of sp³-hybridized carbons (Fsp3) is 0.368. The van der Waals surface area contributed by atoms with Gasteiger partial charge in [-0.25, -0.2) is 18.7 Å². The topological polar surface area (TPSA) is 49.7 Å². The van der Waals surface area contributed by atoms with Crippen molar-refractivity contribution in [1.29, 1.82) is 0 Å². The fourth-order valence-electron chi connectivity index (χ4n) is 3.70. The van der Waals surface area contributed by atoms with E-state index in [0.717, 1.165) is 30.9 Å². The van der Waals surface area contributed by atoms with E-state index in [1.165, 1.54) is 18.2 Å². The van der Waals surface area contributed by atoms with Gasteiger partial charge in [0.1, 0.15) is 17.5 Å². The van der Waals surface area contributed by atoms with Crippen molar-refractivity contribution in [3.63, 3.8) is 0 Å². The SMILES string of the molecule is CCCn1ccnc1CN1CCc2[nH]cnc2[C@@H]1c1c(F)cccc1F. The molecule has 0 bridgehead atoms. The van der Waals surface area contributed by atoms with Crippen LogP contribution in [0.3, 0.4) is 0 Å². The lowest BCUT2D eigenvalue weighted by Crippen LogP contribution is -2.37. The monoisotopic (exact) mass is 357 g/mol. The molecule has 4 rings (SSSR count). The smallest absolute Gasteiger partial charge is 0.131 e. The van der Waals surface area contributed by atoms with Crippen molar-refractivity contribution in [3.05, 3.63) is 71.3 Å². The van der Waals surface area contributed by atoms with Crippen molar-refractivity contribution >= 4 is 0 Å². The zero-order valence-corrected chi connectivity index (χ0v) is 14.6. The van der Waals surface area contributed by atoms with Gasteiger partial charge in [-0.2, -0.15) is 0 Å². The summed E-state index contributed by atoms with van der Waals surface area (Å²) >= 11 is 0. The summed E-state index contributed by atoms with van der Waals surface area (Å²) in [6.07, 6.45) is 7.07. The number of fused-ring (bicyclic) bond motifs is 1. The highest BCUT2D eigenvalue weighted by Crippen LogP contribution is 2.36. The first-order chi connectivity index (χ1) is 12.7. The predicted octanol–water partition coefficient (Wildman–Crippen LogP) is 3.44. The summed E-state index contributed by atoms with van der Waals surface area (Å²) in [7, 11) is 0. The second-order valence-electron chi connectivity index (χ2n) is 6.56. The molecule has 1 aliphatic rings. The van der Waals surface area contributed by atoms with E-state index in [4.69, 9.17) is 0 Å². The number of aromatic amines is 1. The first-order valence-electron chi connectivity index (χ1n) is 8.89. The van der Waals surface area contributed by atoms with Crippen LogP contribution in [0.4, 0.5) is 8.78 Å². The number of aryl methyl sites for hydroxylation is 1. The maximum atomic E-state index is 14.6. The van der Waals surface area contributed by atoms with Crippen molar-refractivity contribution in [2.24, 2.45) is 0 Å². The van der Waals surface area contributed by atoms with Crippen LogP contribution in [0.5, 0.6) is 0 Å². The highest BCUT2D eigenvalue weighted by Gasteiger charge is 2.35. The summed E-state index contributed by atoms with van der Waals surface area (Å²) < 4.78 is 31.2. The molecule has 0 saturated heterocycles. The van der Waals surface area contributed by atoms with E-state index in [2.05, 4.69) is 31.3 Å². The molecule has 1 aliphatic heterocycles. The third kappa shape index (κ3) is 2.92. The Kier molecular flexibility index (Phi) is 4.55. The Morgan fingerprint density at radius 2 is 2.04 bits per heavy atom. The number of halogens is 2. The van der Waals surface area contributed by atoms with E-state index < -0.39 is 17.7 Å². The van der Waals surface area contributed by atoms with Crippen LogP contribution >= 0.6 is 0 Å². The molecule has 1 aromatic carbocycles. The van der Waals surface area contributed by atoms with E-state index in [9.17, 15) is 8.78 Å². The van der Waals surface area contributed by atoms with Crippen molar-refractivity contribution in [3.8, 4) is 0 Å². The van der Waals surface area contributed by atoms with Gasteiger partial charge < -0.3 is 9.55 Å². The Morgan fingerprint density at radius 1 is 1.23 bits per heavy atom. The Hall–Kier alpha value is -2.54. The Morgan fingerprint density at radius 3 is 2.81 bits per heavy atom. The summed E-state index contributed by atoms with van der Waals surface area (Å²) in [5, 5.41) is 0. The van der Waals surface area contributed by atoms with Crippen molar-refractivity contribution in [1.82, 2.24) is 24.4 Å². The molecule has 3 aromatic rings. The Labute approximate surface area is 150 Å². The predicted molar refractivity (Wildman–Crippen MR) is 93.4 cm³/mol. The minimum absolute atomic E-state index is 0.0501. The maximum absolute atomic E-state index is 14.6. The quantitative estimate of drug-likeness (QED) is 0.761. The van der Waals surface area contributed by atoms with Gasteiger partial charge in [0.05, 0.1) is 24.6 Å². The number of rotatable bonds is 5. The van der Waals surface area contributed by atoms with Crippen molar-refractivity contribution < 1.29 is 8.78 Å². The molecule has 0 amide bonds. The summed E-state index contributed by atoms with van der Waals surface area (Å²) in [5.41, 5.74) is 1.67. The molecular formula is C19H21F2N5. The fourth-order valence-corrected chi connectivity index (χ4v) is 3.70. The second-order valence-corrected chi connectivity index (χ2v) is 6.56. The van der Waals surface area contributed by atoms with Crippen LogP contribution in [0, 0.1) is 11.6 Å². The normalized spacial score (nSPS) is 17.4. The van der Waals surface area contributed by atoms with E-state index in [1.807, 2.05) is 6.20 Å². The minimum Gasteiger partial charge on any atom is -0.348 e. The van der Waals surface area contributed by atoms with E-state index in [-0.39, 0.29) is 5.56 Å². The number of hydrogen-bond acceptors (Lipinski definition) is 3. The van der Waals surface area contributed by atoms with Crippen LogP contribution in [0.2, 0.25) is 0 Å². The third-order valence-corrected chi connectivity index (χ3v) is 4.91. The molecule has 7 heteroatoms. The van der Waals surface area contributed by atoms with Gasteiger partial charge in [0, 0.05) is 43.2 Å². The summed E-state index contributed by atoms with van der Waals surface area (Å²) in [4.78, 5) is 14.0. The van der Waals surface area contributed by atoms with Gasteiger partial charge in [0.2, 0.25) is 0 Å². The molecule has 3 heterocycles. The highest BCUT2D eigenvalue weighted by atomic mass is 19.1. The lowest BCUT2D eigenvalue weighted by atomic mass is 9.94. The van der Waals surface area contributed by atoms with Crippen LogP contribution in [0.15, 0.2) is 36.9 Å². The van der Waals surface area contributed by atoms with Crippen LogP contribution in [-0.4, -0.2) is 31.0 Å². The van der Waals surface area contributed by atoms with Gasteiger partial charge in [-0.1, -0.05) is 13.0 Å². The van der Waals surface area contributed by atoms with Gasteiger partial charge in [0.15, 0.2) is 0 Å². The number of imidazole rings is 2. The summed E-state index contributed by atoms with van der Waals surface area (Å²) in [5.74, 6) is -0.201. The minimum atomic E-state index is -0.571. The molecule has 5 nitrogen and oxygen atoms in total. The Bertz CT molecular complexity index is 881. The van der Waals surface area contributed by atoms with Gasteiger partial charge >= 0.3 is 0 Å². The van der Waals surface area contributed by atoms with Crippen LogP contribution in [0.1, 0.15) is 42.2 Å². The molecule has 0 unspecified atom stereocenters. The molecule has 0 spiro atoms. The average molecular weight is 357 g/mol. The molecule has 0 fully saturated rings. The number of nitrogens with one attached hydrogen (secondary N) is 1. The lowest BCUT2D eigenvalue weighted by Gasteiger charge is -2.35. The molecule has 1 N–H and O–H groups in total. The molecule has 2 aromatic heterocycles. The van der Waals surface area contributed by atoms with Gasteiger partial charge in [0.25, 0.3) is 0 Å².